The number of guanidine groups is 1. The number of nitrogens with two attached hydrogens (primary N) is 1. The number of para-hydroxylation sites is 1. The summed E-state index contributed by atoms with van der Waals surface area (Å²) in [6.45, 7) is 4.20. The summed E-state index contributed by atoms with van der Waals surface area (Å²) in [5, 5.41) is 0. The fourth-order valence-electron chi connectivity index (χ4n) is 1.75. The second kappa shape index (κ2) is 9.75. The number of nitrogens with zero attached hydrogens (tertiary/aromatic N) is 2. The third kappa shape index (κ3) is 7.19. The Kier molecular flexibility index (Phi) is 9.22. The largest absolute Gasteiger partial charge is 0.484 e. The summed E-state index contributed by atoms with van der Waals surface area (Å²) >= 11 is 0. The van der Waals surface area contributed by atoms with E-state index in [2.05, 4.69) is 4.99 Å². The minimum absolute atomic E-state index is 0. The van der Waals surface area contributed by atoms with E-state index in [1.807, 2.05) is 18.7 Å². The van der Waals surface area contributed by atoms with Crippen LogP contribution < -0.4 is 10.5 Å². The Morgan fingerprint density at radius 2 is 1.82 bits per heavy atom. The molecule has 4 nitrogen and oxygen atoms in total. The van der Waals surface area contributed by atoms with E-state index >= 15 is 0 Å². The lowest BCUT2D eigenvalue weighted by molar-refractivity contribution is -0.153. The highest BCUT2D eigenvalue weighted by atomic mass is 127. The zero-order chi connectivity index (χ0) is 15.9. The maximum atomic E-state index is 12.2. The van der Waals surface area contributed by atoms with Crippen LogP contribution in [0.3, 0.4) is 0 Å². The van der Waals surface area contributed by atoms with Crippen LogP contribution in [0.15, 0.2) is 29.3 Å². The van der Waals surface area contributed by atoms with E-state index in [1.54, 1.807) is 18.2 Å². The van der Waals surface area contributed by atoms with Gasteiger partial charge in [0, 0.05) is 18.7 Å². The fraction of sp³-hybridized carbons (Fsp3) is 0.500. The van der Waals surface area contributed by atoms with Crippen LogP contribution in [0.1, 0.15) is 19.4 Å². The van der Waals surface area contributed by atoms with Gasteiger partial charge >= 0.3 is 6.18 Å². The lowest BCUT2D eigenvalue weighted by atomic mass is 10.2. The van der Waals surface area contributed by atoms with Crippen LogP contribution in [-0.4, -0.2) is 36.7 Å². The highest BCUT2D eigenvalue weighted by Gasteiger charge is 2.28. The summed E-state index contributed by atoms with van der Waals surface area (Å²) in [5.74, 6) is 0.538. The minimum atomic E-state index is -4.36. The molecule has 126 valence electrons. The Morgan fingerprint density at radius 1 is 1.23 bits per heavy atom. The first-order valence-corrected chi connectivity index (χ1v) is 6.69. The van der Waals surface area contributed by atoms with Crippen molar-refractivity contribution in [1.82, 2.24) is 4.90 Å². The van der Waals surface area contributed by atoms with Crippen molar-refractivity contribution in [2.75, 3.05) is 19.7 Å². The molecule has 0 heterocycles. The van der Waals surface area contributed by atoms with Gasteiger partial charge in [0.1, 0.15) is 5.75 Å². The molecule has 0 radical (unpaired) electrons. The average Bonchev–Trinajstić information content (AvgIpc) is 2.44. The van der Waals surface area contributed by atoms with Crippen LogP contribution in [0.5, 0.6) is 5.75 Å². The summed E-state index contributed by atoms with van der Waals surface area (Å²) < 4.78 is 41.4. The fourth-order valence-corrected chi connectivity index (χ4v) is 1.75. The molecule has 1 aromatic rings. The quantitative estimate of drug-likeness (QED) is 0.427. The number of ether oxygens (including phenoxy) is 1. The van der Waals surface area contributed by atoms with E-state index < -0.39 is 12.8 Å². The summed E-state index contributed by atoms with van der Waals surface area (Å²) in [7, 11) is 0. The van der Waals surface area contributed by atoms with Crippen LogP contribution in [0, 0.1) is 0 Å². The molecule has 2 N–H and O–H groups in total. The van der Waals surface area contributed by atoms with Crippen LogP contribution in [-0.2, 0) is 6.54 Å². The molecule has 0 unspecified atom stereocenters. The molecule has 0 aromatic heterocycles. The summed E-state index contributed by atoms with van der Waals surface area (Å²) in [5.41, 5.74) is 6.40. The van der Waals surface area contributed by atoms with Gasteiger partial charge in [-0.1, -0.05) is 18.2 Å². The van der Waals surface area contributed by atoms with Crippen molar-refractivity contribution in [2.24, 2.45) is 10.7 Å². The SMILES string of the molecule is CCN(CC)C(N)=NCc1ccccc1OCC(F)(F)F.I. The van der Waals surface area contributed by atoms with Gasteiger partial charge < -0.3 is 15.4 Å². The second-order valence-electron chi connectivity index (χ2n) is 4.36. The number of hydrogen-bond donors (Lipinski definition) is 1. The Morgan fingerprint density at radius 3 is 2.36 bits per heavy atom. The highest BCUT2D eigenvalue weighted by molar-refractivity contribution is 14.0. The molecule has 0 spiro atoms. The first-order valence-electron chi connectivity index (χ1n) is 6.69. The number of aliphatic imine (C=N–C) groups is 1. The van der Waals surface area contributed by atoms with Crippen LogP contribution in [0.2, 0.25) is 0 Å². The molecule has 8 heteroatoms. The van der Waals surface area contributed by atoms with Crippen molar-refractivity contribution in [3.63, 3.8) is 0 Å². The number of alkyl halides is 3. The predicted molar refractivity (Wildman–Crippen MR) is 91.7 cm³/mol. The zero-order valence-corrected chi connectivity index (χ0v) is 14.9. The molecule has 0 amide bonds. The maximum absolute atomic E-state index is 12.2. The van der Waals surface area contributed by atoms with Crippen molar-refractivity contribution < 1.29 is 17.9 Å². The van der Waals surface area contributed by atoms with Gasteiger partial charge in [0.05, 0.1) is 6.54 Å². The van der Waals surface area contributed by atoms with Gasteiger partial charge in [0.25, 0.3) is 0 Å². The topological polar surface area (TPSA) is 50.8 Å². The molecule has 0 saturated carbocycles. The Labute approximate surface area is 145 Å². The molecule has 1 rings (SSSR count). The van der Waals surface area contributed by atoms with Crippen molar-refractivity contribution >= 4 is 29.9 Å². The molecule has 0 aliphatic heterocycles. The van der Waals surface area contributed by atoms with Gasteiger partial charge in [-0.05, 0) is 19.9 Å². The molecule has 0 bridgehead atoms. The van der Waals surface area contributed by atoms with E-state index in [1.165, 1.54) is 6.07 Å². The Hall–Kier alpha value is -1.19. The molecule has 0 atom stereocenters. The van der Waals surface area contributed by atoms with Gasteiger partial charge in [-0.25, -0.2) is 4.99 Å². The summed E-state index contributed by atoms with van der Waals surface area (Å²) in [4.78, 5) is 6.06. The van der Waals surface area contributed by atoms with Gasteiger partial charge in [-0.15, -0.1) is 24.0 Å². The van der Waals surface area contributed by atoms with E-state index in [-0.39, 0.29) is 36.3 Å². The molecule has 0 aliphatic rings. The van der Waals surface area contributed by atoms with Crippen LogP contribution in [0.4, 0.5) is 13.2 Å². The average molecular weight is 431 g/mol. The van der Waals surface area contributed by atoms with Crippen LogP contribution in [0.25, 0.3) is 0 Å². The van der Waals surface area contributed by atoms with Gasteiger partial charge in [0.2, 0.25) is 0 Å². The monoisotopic (exact) mass is 431 g/mol. The lowest BCUT2D eigenvalue weighted by Gasteiger charge is -2.19. The van der Waals surface area contributed by atoms with E-state index in [0.29, 0.717) is 11.5 Å². The Bertz CT molecular complexity index is 477. The van der Waals surface area contributed by atoms with E-state index in [4.69, 9.17) is 10.5 Å². The van der Waals surface area contributed by atoms with Gasteiger partial charge in [-0.2, -0.15) is 13.2 Å². The van der Waals surface area contributed by atoms with Crippen LogP contribution >= 0.6 is 24.0 Å². The van der Waals surface area contributed by atoms with Crippen molar-refractivity contribution in [3.8, 4) is 5.75 Å². The smallest absolute Gasteiger partial charge is 0.422 e. The standard InChI is InChI=1S/C14H20F3N3O.HI/c1-3-20(4-2)13(18)19-9-11-7-5-6-8-12(11)21-10-14(15,16)17;/h5-8H,3-4,9-10H2,1-2H3,(H2,18,19);1H. The lowest BCUT2D eigenvalue weighted by Crippen LogP contribution is -2.37. The molecule has 1 aromatic carbocycles. The first kappa shape index (κ1) is 20.8. The molecule has 22 heavy (non-hydrogen) atoms. The predicted octanol–water partition coefficient (Wildman–Crippen LogP) is 3.40. The Balaban J connectivity index is 0.00000441. The third-order valence-electron chi connectivity index (χ3n) is 2.86. The third-order valence-corrected chi connectivity index (χ3v) is 2.86. The highest BCUT2D eigenvalue weighted by Crippen LogP contribution is 2.22. The zero-order valence-electron chi connectivity index (χ0n) is 12.6. The van der Waals surface area contributed by atoms with E-state index in [0.717, 1.165) is 13.1 Å². The van der Waals surface area contributed by atoms with E-state index in [9.17, 15) is 13.2 Å². The minimum Gasteiger partial charge on any atom is -0.484 e. The van der Waals surface area contributed by atoms with Gasteiger partial charge in [-0.3, -0.25) is 0 Å². The molecular formula is C14H21F3IN3O. The number of benzene rings is 1. The maximum Gasteiger partial charge on any atom is 0.422 e. The summed E-state index contributed by atoms with van der Waals surface area (Å²) in [6, 6.07) is 6.50. The van der Waals surface area contributed by atoms with Crippen molar-refractivity contribution in [3.05, 3.63) is 29.8 Å². The van der Waals surface area contributed by atoms with Crippen molar-refractivity contribution in [1.29, 1.82) is 0 Å². The molecular weight excluding hydrogens is 410 g/mol. The van der Waals surface area contributed by atoms with Crippen molar-refractivity contribution in [2.45, 2.75) is 26.6 Å². The number of hydrogen-bond acceptors (Lipinski definition) is 2. The van der Waals surface area contributed by atoms with Gasteiger partial charge in [0.15, 0.2) is 12.6 Å². The summed E-state index contributed by atoms with van der Waals surface area (Å²) in [6.07, 6.45) is -4.36. The number of halogens is 4. The molecule has 0 aliphatic carbocycles. The molecule has 0 saturated heterocycles. The first-order chi connectivity index (χ1) is 9.87. The molecule has 0 fully saturated rings. The number of rotatable bonds is 6. The second-order valence-corrected chi connectivity index (χ2v) is 4.36. The normalized spacial score (nSPS) is 11.8.